The van der Waals surface area contributed by atoms with Gasteiger partial charge in [0.15, 0.2) is 0 Å². The van der Waals surface area contributed by atoms with Crippen LogP contribution in [0.25, 0.3) is 11.1 Å². The fourth-order valence-electron chi connectivity index (χ4n) is 1.74. The number of rotatable bonds is 4. The Bertz CT molecular complexity index is 543. The predicted octanol–water partition coefficient (Wildman–Crippen LogP) is 3.50. The maximum absolute atomic E-state index is 5.82. The van der Waals surface area contributed by atoms with E-state index in [2.05, 4.69) is 4.98 Å². The van der Waals surface area contributed by atoms with Gasteiger partial charge in [0.05, 0.1) is 14.2 Å². The second kappa shape index (κ2) is 5.74. The van der Waals surface area contributed by atoms with Crippen molar-refractivity contribution >= 4 is 11.6 Å². The lowest BCUT2D eigenvalue weighted by molar-refractivity contribution is 0.395. The normalized spacial score (nSPS) is 10.2. The van der Waals surface area contributed by atoms with Gasteiger partial charge in [-0.25, -0.2) is 0 Å². The van der Waals surface area contributed by atoms with Crippen LogP contribution in [0.4, 0.5) is 0 Å². The topological polar surface area (TPSA) is 31.4 Å². The molecule has 0 bridgehead atoms. The van der Waals surface area contributed by atoms with Crippen LogP contribution in [0.1, 0.15) is 5.56 Å². The van der Waals surface area contributed by atoms with Crippen molar-refractivity contribution in [2.24, 2.45) is 0 Å². The number of ether oxygens (including phenoxy) is 2. The Kier molecular flexibility index (Phi) is 4.05. The lowest BCUT2D eigenvalue weighted by Crippen LogP contribution is -1.91. The first kappa shape index (κ1) is 12.7. The van der Waals surface area contributed by atoms with E-state index in [0.29, 0.717) is 5.88 Å². The molecule has 94 valence electrons. The average Bonchev–Trinajstić information content (AvgIpc) is 2.46. The van der Waals surface area contributed by atoms with Crippen molar-refractivity contribution in [3.05, 3.63) is 42.2 Å². The van der Waals surface area contributed by atoms with Crippen LogP contribution in [0.15, 0.2) is 36.7 Å². The summed E-state index contributed by atoms with van der Waals surface area (Å²) in [5.41, 5.74) is 2.93. The van der Waals surface area contributed by atoms with Crippen LogP contribution < -0.4 is 9.47 Å². The van der Waals surface area contributed by atoms with Gasteiger partial charge in [0.1, 0.15) is 11.5 Å². The van der Waals surface area contributed by atoms with Gasteiger partial charge in [-0.2, -0.15) is 0 Å². The van der Waals surface area contributed by atoms with E-state index in [4.69, 9.17) is 21.1 Å². The van der Waals surface area contributed by atoms with Crippen LogP contribution in [0, 0.1) is 0 Å². The predicted molar refractivity (Wildman–Crippen MR) is 72.3 cm³/mol. The van der Waals surface area contributed by atoms with Crippen molar-refractivity contribution in [1.82, 2.24) is 4.98 Å². The second-order valence-corrected chi connectivity index (χ2v) is 4.05. The van der Waals surface area contributed by atoms with Gasteiger partial charge >= 0.3 is 0 Å². The van der Waals surface area contributed by atoms with Gasteiger partial charge in [-0.1, -0.05) is 0 Å². The molecule has 0 saturated carbocycles. The Morgan fingerprint density at radius 2 is 1.94 bits per heavy atom. The number of benzene rings is 1. The fourth-order valence-corrected chi connectivity index (χ4v) is 1.89. The van der Waals surface area contributed by atoms with Gasteiger partial charge in [0.25, 0.3) is 0 Å². The number of aromatic nitrogens is 1. The Labute approximate surface area is 111 Å². The largest absolute Gasteiger partial charge is 0.497 e. The first-order chi connectivity index (χ1) is 8.78. The number of methoxy groups -OCH3 is 2. The fraction of sp³-hybridized carbons (Fsp3) is 0.214. The molecule has 2 rings (SSSR count). The smallest absolute Gasteiger partial charge is 0.130 e. The molecular weight excluding hydrogens is 250 g/mol. The van der Waals surface area contributed by atoms with E-state index >= 15 is 0 Å². The minimum Gasteiger partial charge on any atom is -0.497 e. The number of halogens is 1. The number of hydrogen-bond acceptors (Lipinski definition) is 3. The molecule has 1 heterocycles. The molecule has 0 spiro atoms. The summed E-state index contributed by atoms with van der Waals surface area (Å²) in [6.07, 6.45) is 3.55. The summed E-state index contributed by atoms with van der Waals surface area (Å²) in [7, 11) is 3.27. The summed E-state index contributed by atoms with van der Waals surface area (Å²) in [6.45, 7) is 0. The zero-order valence-corrected chi connectivity index (χ0v) is 11.1. The molecule has 0 unspecified atom stereocenters. The maximum Gasteiger partial charge on any atom is 0.130 e. The highest BCUT2D eigenvalue weighted by Gasteiger charge is 2.08. The molecule has 0 aliphatic heterocycles. The molecule has 1 aromatic carbocycles. The van der Waals surface area contributed by atoms with Gasteiger partial charge in [-0.05, 0) is 23.8 Å². The van der Waals surface area contributed by atoms with E-state index in [0.717, 1.165) is 28.2 Å². The standard InChI is InChI=1S/C14H14ClNO2/c1-17-12-3-4-13(14(6-12)18-2)11-5-10(7-15)8-16-9-11/h3-6,8-9H,7H2,1-2H3. The Hall–Kier alpha value is -1.74. The minimum absolute atomic E-state index is 0.444. The Morgan fingerprint density at radius 1 is 1.11 bits per heavy atom. The molecule has 0 fully saturated rings. The van der Waals surface area contributed by atoms with Crippen LogP contribution >= 0.6 is 11.6 Å². The first-order valence-electron chi connectivity index (χ1n) is 5.50. The number of pyridine rings is 1. The van der Waals surface area contributed by atoms with E-state index in [1.54, 1.807) is 26.6 Å². The molecule has 1 aromatic heterocycles. The number of nitrogens with zero attached hydrogens (tertiary/aromatic N) is 1. The summed E-state index contributed by atoms with van der Waals surface area (Å²) >= 11 is 5.82. The quantitative estimate of drug-likeness (QED) is 0.791. The van der Waals surface area contributed by atoms with Gasteiger partial charge in [-0.15, -0.1) is 11.6 Å². The van der Waals surface area contributed by atoms with Gasteiger partial charge < -0.3 is 9.47 Å². The molecule has 0 N–H and O–H groups in total. The van der Waals surface area contributed by atoms with Gasteiger partial charge in [0, 0.05) is 35.5 Å². The summed E-state index contributed by atoms with van der Waals surface area (Å²) in [5.74, 6) is 1.96. The van der Waals surface area contributed by atoms with Crippen LogP contribution in [0.5, 0.6) is 11.5 Å². The van der Waals surface area contributed by atoms with Gasteiger partial charge in [0.2, 0.25) is 0 Å². The molecular formula is C14H14ClNO2. The third-order valence-corrected chi connectivity index (χ3v) is 2.98. The summed E-state index contributed by atoms with van der Waals surface area (Å²) < 4.78 is 10.6. The highest BCUT2D eigenvalue weighted by Crippen LogP contribution is 2.33. The zero-order chi connectivity index (χ0) is 13.0. The molecule has 18 heavy (non-hydrogen) atoms. The molecule has 0 amide bonds. The van der Waals surface area contributed by atoms with Crippen molar-refractivity contribution in [1.29, 1.82) is 0 Å². The van der Waals surface area contributed by atoms with E-state index in [-0.39, 0.29) is 0 Å². The second-order valence-electron chi connectivity index (χ2n) is 3.78. The monoisotopic (exact) mass is 263 g/mol. The Morgan fingerprint density at radius 3 is 2.61 bits per heavy atom. The lowest BCUT2D eigenvalue weighted by Gasteiger charge is -2.10. The van der Waals surface area contributed by atoms with Crippen LogP contribution in [-0.2, 0) is 5.88 Å². The highest BCUT2D eigenvalue weighted by molar-refractivity contribution is 6.17. The number of hydrogen-bond donors (Lipinski definition) is 0. The summed E-state index contributed by atoms with van der Waals surface area (Å²) in [4.78, 5) is 4.18. The van der Waals surface area contributed by atoms with Crippen molar-refractivity contribution in [2.75, 3.05) is 14.2 Å². The minimum atomic E-state index is 0.444. The molecule has 0 saturated heterocycles. The molecule has 0 aliphatic carbocycles. The van der Waals surface area contributed by atoms with Crippen LogP contribution in [0.2, 0.25) is 0 Å². The van der Waals surface area contributed by atoms with E-state index < -0.39 is 0 Å². The first-order valence-corrected chi connectivity index (χ1v) is 6.04. The molecule has 3 nitrogen and oxygen atoms in total. The van der Waals surface area contributed by atoms with E-state index in [1.165, 1.54) is 0 Å². The SMILES string of the molecule is COc1ccc(-c2cncc(CCl)c2)c(OC)c1. The van der Waals surface area contributed by atoms with Gasteiger partial charge in [-0.3, -0.25) is 4.98 Å². The molecule has 0 aliphatic rings. The Balaban J connectivity index is 2.48. The third kappa shape index (κ3) is 2.57. The van der Waals surface area contributed by atoms with Crippen molar-refractivity contribution in [2.45, 2.75) is 5.88 Å². The van der Waals surface area contributed by atoms with Crippen molar-refractivity contribution in [3.8, 4) is 22.6 Å². The summed E-state index contributed by atoms with van der Waals surface area (Å²) in [5, 5.41) is 0. The summed E-state index contributed by atoms with van der Waals surface area (Å²) in [6, 6.07) is 7.70. The molecule has 2 aromatic rings. The molecule has 0 radical (unpaired) electrons. The highest BCUT2D eigenvalue weighted by atomic mass is 35.5. The van der Waals surface area contributed by atoms with Crippen LogP contribution in [0.3, 0.4) is 0 Å². The van der Waals surface area contributed by atoms with Crippen molar-refractivity contribution < 1.29 is 9.47 Å². The van der Waals surface area contributed by atoms with E-state index in [1.807, 2.05) is 24.3 Å². The third-order valence-electron chi connectivity index (χ3n) is 2.67. The number of alkyl halides is 1. The molecule has 4 heteroatoms. The maximum atomic E-state index is 5.82. The molecule has 0 atom stereocenters. The average molecular weight is 264 g/mol. The van der Waals surface area contributed by atoms with Crippen LogP contribution in [-0.4, -0.2) is 19.2 Å². The lowest BCUT2D eigenvalue weighted by atomic mass is 10.1. The van der Waals surface area contributed by atoms with Crippen molar-refractivity contribution in [3.63, 3.8) is 0 Å². The van der Waals surface area contributed by atoms with E-state index in [9.17, 15) is 0 Å². The zero-order valence-electron chi connectivity index (χ0n) is 10.3.